The van der Waals surface area contributed by atoms with Crippen LogP contribution in [-0.4, -0.2) is 37.5 Å². The van der Waals surface area contributed by atoms with Gasteiger partial charge in [0.1, 0.15) is 5.82 Å². The lowest BCUT2D eigenvalue weighted by Gasteiger charge is -2.17. The van der Waals surface area contributed by atoms with Crippen LogP contribution in [0.3, 0.4) is 0 Å². The first-order chi connectivity index (χ1) is 13.5. The molecule has 1 atom stereocenters. The Bertz CT molecular complexity index is 854. The molecule has 3 rings (SSSR count). The minimum Gasteiger partial charge on any atom is -0.493 e. The molecule has 1 unspecified atom stereocenters. The molecule has 148 valence electrons. The van der Waals surface area contributed by atoms with Gasteiger partial charge < -0.3 is 19.7 Å². The normalized spacial score (nSPS) is 16.2. The van der Waals surface area contributed by atoms with Crippen molar-refractivity contribution in [2.24, 2.45) is 5.92 Å². The van der Waals surface area contributed by atoms with Crippen molar-refractivity contribution in [1.82, 2.24) is 10.2 Å². The Morgan fingerprint density at radius 1 is 1.11 bits per heavy atom. The Morgan fingerprint density at radius 2 is 1.79 bits per heavy atom. The molecule has 2 aromatic carbocycles. The fourth-order valence-corrected chi connectivity index (χ4v) is 3.23. The maximum Gasteiger partial charge on any atom is 0.225 e. The number of hydrogen-bond acceptors (Lipinski definition) is 4. The Labute approximate surface area is 163 Å². The molecule has 7 heteroatoms. The number of methoxy groups -OCH3 is 2. The summed E-state index contributed by atoms with van der Waals surface area (Å²) in [6, 6.07) is 11.5. The summed E-state index contributed by atoms with van der Waals surface area (Å²) in [5.74, 6) is 0.267. The van der Waals surface area contributed by atoms with Gasteiger partial charge in [-0.1, -0.05) is 18.2 Å². The third-order valence-electron chi connectivity index (χ3n) is 4.79. The summed E-state index contributed by atoms with van der Waals surface area (Å²) < 4.78 is 23.5. The molecule has 2 amide bonds. The lowest BCUT2D eigenvalue weighted by Crippen LogP contribution is -2.32. The van der Waals surface area contributed by atoms with E-state index in [4.69, 9.17) is 9.47 Å². The minimum absolute atomic E-state index is 0.0735. The first-order valence-electron chi connectivity index (χ1n) is 9.01. The molecular formula is C21H23FN2O4. The summed E-state index contributed by atoms with van der Waals surface area (Å²) >= 11 is 0. The van der Waals surface area contributed by atoms with Gasteiger partial charge in [-0.3, -0.25) is 9.59 Å². The highest BCUT2D eigenvalue weighted by atomic mass is 19.1. The molecule has 0 spiro atoms. The topological polar surface area (TPSA) is 67.9 Å². The fourth-order valence-electron chi connectivity index (χ4n) is 3.23. The van der Waals surface area contributed by atoms with Crippen molar-refractivity contribution in [3.8, 4) is 11.5 Å². The molecule has 28 heavy (non-hydrogen) atoms. The van der Waals surface area contributed by atoms with Crippen LogP contribution < -0.4 is 14.8 Å². The van der Waals surface area contributed by atoms with Crippen molar-refractivity contribution in [3.05, 3.63) is 59.4 Å². The van der Waals surface area contributed by atoms with Crippen LogP contribution in [0.25, 0.3) is 0 Å². The Hall–Kier alpha value is -3.09. The van der Waals surface area contributed by atoms with Gasteiger partial charge >= 0.3 is 0 Å². The van der Waals surface area contributed by atoms with Crippen LogP contribution in [-0.2, 0) is 22.7 Å². The minimum atomic E-state index is -0.395. The van der Waals surface area contributed by atoms with Crippen LogP contribution >= 0.6 is 0 Å². The van der Waals surface area contributed by atoms with Crippen molar-refractivity contribution < 1.29 is 23.5 Å². The first kappa shape index (κ1) is 19.7. The third kappa shape index (κ3) is 4.60. The van der Waals surface area contributed by atoms with Gasteiger partial charge in [0.15, 0.2) is 11.5 Å². The van der Waals surface area contributed by atoms with Gasteiger partial charge in [-0.25, -0.2) is 4.39 Å². The van der Waals surface area contributed by atoms with Crippen LogP contribution in [0.2, 0.25) is 0 Å². The number of amides is 2. The Morgan fingerprint density at radius 3 is 2.46 bits per heavy atom. The fraction of sp³-hybridized carbons (Fsp3) is 0.333. The summed E-state index contributed by atoms with van der Waals surface area (Å²) in [4.78, 5) is 26.4. The third-order valence-corrected chi connectivity index (χ3v) is 4.79. The first-order valence-corrected chi connectivity index (χ1v) is 9.01. The standard InChI is InChI=1S/C21H23FN2O4/c1-27-18-8-5-15(9-19(18)28-2)11-23-21(26)16-10-20(25)24(13-16)12-14-3-6-17(22)7-4-14/h3-9,16H,10-13H2,1-2H3,(H,23,26). The van der Waals surface area contributed by atoms with E-state index in [0.717, 1.165) is 11.1 Å². The molecular weight excluding hydrogens is 363 g/mol. The zero-order valence-electron chi connectivity index (χ0n) is 15.9. The molecule has 0 bridgehead atoms. The van der Waals surface area contributed by atoms with E-state index in [1.54, 1.807) is 43.4 Å². The molecule has 0 saturated carbocycles. The van der Waals surface area contributed by atoms with E-state index in [-0.39, 0.29) is 24.1 Å². The lowest BCUT2D eigenvalue weighted by molar-refractivity contribution is -0.129. The quantitative estimate of drug-likeness (QED) is 0.794. The van der Waals surface area contributed by atoms with Gasteiger partial charge in [-0.05, 0) is 35.4 Å². The summed E-state index contributed by atoms with van der Waals surface area (Å²) in [6.07, 6.45) is 0.180. The number of nitrogens with zero attached hydrogens (tertiary/aromatic N) is 1. The van der Waals surface area contributed by atoms with Crippen LogP contribution in [0.4, 0.5) is 4.39 Å². The molecule has 0 aromatic heterocycles. The highest BCUT2D eigenvalue weighted by molar-refractivity contribution is 5.89. The smallest absolute Gasteiger partial charge is 0.225 e. The number of rotatable bonds is 7. The highest BCUT2D eigenvalue weighted by Gasteiger charge is 2.34. The van der Waals surface area contributed by atoms with E-state index in [0.29, 0.717) is 31.1 Å². The zero-order chi connectivity index (χ0) is 20.1. The second kappa shape index (κ2) is 8.73. The summed E-state index contributed by atoms with van der Waals surface area (Å²) in [5, 5.41) is 2.88. The second-order valence-electron chi connectivity index (χ2n) is 6.71. The number of benzene rings is 2. The van der Waals surface area contributed by atoms with E-state index in [1.165, 1.54) is 12.1 Å². The molecule has 1 fully saturated rings. The number of ether oxygens (including phenoxy) is 2. The SMILES string of the molecule is COc1ccc(CNC(=O)C2CC(=O)N(Cc3ccc(F)cc3)C2)cc1OC. The molecule has 1 aliphatic heterocycles. The molecule has 1 N–H and O–H groups in total. The number of halogens is 1. The van der Waals surface area contributed by atoms with Gasteiger partial charge in [0.2, 0.25) is 11.8 Å². The monoisotopic (exact) mass is 386 g/mol. The number of carbonyl (C=O) groups is 2. The average molecular weight is 386 g/mol. The molecule has 6 nitrogen and oxygen atoms in total. The molecule has 0 aliphatic carbocycles. The predicted molar refractivity (Wildman–Crippen MR) is 101 cm³/mol. The van der Waals surface area contributed by atoms with Crippen LogP contribution in [0.5, 0.6) is 11.5 Å². The largest absolute Gasteiger partial charge is 0.493 e. The Balaban J connectivity index is 1.55. The van der Waals surface area contributed by atoms with E-state index < -0.39 is 5.92 Å². The van der Waals surface area contributed by atoms with E-state index in [2.05, 4.69) is 5.32 Å². The van der Waals surface area contributed by atoms with E-state index >= 15 is 0 Å². The van der Waals surface area contributed by atoms with Gasteiger partial charge in [-0.2, -0.15) is 0 Å². The van der Waals surface area contributed by atoms with Gasteiger partial charge in [0.25, 0.3) is 0 Å². The van der Waals surface area contributed by atoms with Crippen molar-refractivity contribution in [3.63, 3.8) is 0 Å². The number of carbonyl (C=O) groups excluding carboxylic acids is 2. The molecule has 1 heterocycles. The van der Waals surface area contributed by atoms with Gasteiger partial charge in [0, 0.05) is 26.1 Å². The Kier molecular flexibility index (Phi) is 6.13. The van der Waals surface area contributed by atoms with E-state index in [9.17, 15) is 14.0 Å². The highest BCUT2D eigenvalue weighted by Crippen LogP contribution is 2.27. The van der Waals surface area contributed by atoms with Crippen LogP contribution in [0, 0.1) is 11.7 Å². The summed E-state index contributed by atoms with van der Waals surface area (Å²) in [6.45, 7) is 1.06. The molecule has 2 aromatic rings. The lowest BCUT2D eigenvalue weighted by atomic mass is 10.1. The van der Waals surface area contributed by atoms with Crippen molar-refractivity contribution in [2.75, 3.05) is 20.8 Å². The predicted octanol–water partition coefficient (Wildman–Crippen LogP) is 2.51. The van der Waals surface area contributed by atoms with Crippen molar-refractivity contribution >= 4 is 11.8 Å². The maximum atomic E-state index is 13.0. The second-order valence-corrected chi connectivity index (χ2v) is 6.71. The van der Waals surface area contributed by atoms with Crippen molar-refractivity contribution in [1.29, 1.82) is 0 Å². The molecule has 1 aliphatic rings. The maximum absolute atomic E-state index is 13.0. The number of likely N-dealkylation sites (tertiary alicyclic amines) is 1. The van der Waals surface area contributed by atoms with E-state index in [1.807, 2.05) is 6.07 Å². The number of nitrogens with one attached hydrogen (secondary N) is 1. The molecule has 1 saturated heterocycles. The van der Waals surface area contributed by atoms with Crippen LogP contribution in [0.15, 0.2) is 42.5 Å². The average Bonchev–Trinajstić information content (AvgIpc) is 3.08. The van der Waals surface area contributed by atoms with Gasteiger partial charge in [0.05, 0.1) is 20.1 Å². The molecule has 0 radical (unpaired) electrons. The van der Waals surface area contributed by atoms with Crippen LogP contribution in [0.1, 0.15) is 17.5 Å². The van der Waals surface area contributed by atoms with Gasteiger partial charge in [-0.15, -0.1) is 0 Å². The summed E-state index contributed by atoms with van der Waals surface area (Å²) in [5.41, 5.74) is 1.71. The number of hydrogen-bond donors (Lipinski definition) is 1. The van der Waals surface area contributed by atoms with Crippen molar-refractivity contribution in [2.45, 2.75) is 19.5 Å². The summed E-state index contributed by atoms with van der Waals surface area (Å²) in [7, 11) is 3.12. The zero-order valence-corrected chi connectivity index (χ0v) is 15.9.